The zero-order valence-electron chi connectivity index (χ0n) is 10.3. The van der Waals surface area contributed by atoms with Gasteiger partial charge in [-0.05, 0) is 38.1 Å². The maximum absolute atomic E-state index is 13.4. The van der Waals surface area contributed by atoms with Crippen LogP contribution in [0, 0.1) is 11.6 Å². The molecule has 1 aromatic rings. The monoisotopic (exact) mass is 243 g/mol. The maximum atomic E-state index is 13.4. The molecule has 0 heterocycles. The molecule has 1 unspecified atom stereocenters. The highest BCUT2D eigenvalue weighted by molar-refractivity contribution is 5.20. The average molecular weight is 243 g/mol. The van der Waals surface area contributed by atoms with E-state index in [0.29, 0.717) is 13.0 Å². The van der Waals surface area contributed by atoms with Gasteiger partial charge in [0.15, 0.2) is 11.6 Å². The van der Waals surface area contributed by atoms with Gasteiger partial charge < -0.3 is 10.4 Å². The Morgan fingerprint density at radius 1 is 1.35 bits per heavy atom. The van der Waals surface area contributed by atoms with Gasteiger partial charge in [0.25, 0.3) is 0 Å². The van der Waals surface area contributed by atoms with E-state index in [-0.39, 0.29) is 12.0 Å². The highest BCUT2D eigenvalue weighted by atomic mass is 19.2. The summed E-state index contributed by atoms with van der Waals surface area (Å²) in [5, 5.41) is 13.2. The molecule has 0 aliphatic carbocycles. The van der Waals surface area contributed by atoms with Crippen molar-refractivity contribution in [3.63, 3.8) is 0 Å². The Morgan fingerprint density at radius 2 is 2.06 bits per heavy atom. The fraction of sp³-hybridized carbons (Fsp3) is 0.538. The van der Waals surface area contributed by atoms with Gasteiger partial charge in [-0.1, -0.05) is 19.1 Å². The third kappa shape index (κ3) is 4.40. The molecular formula is C13H19F2NO. The molecule has 0 spiro atoms. The third-order valence-electron chi connectivity index (χ3n) is 2.69. The van der Waals surface area contributed by atoms with Crippen LogP contribution in [-0.4, -0.2) is 23.8 Å². The second kappa shape index (κ2) is 6.07. The summed E-state index contributed by atoms with van der Waals surface area (Å²) in [5.74, 6) is -1.73. The van der Waals surface area contributed by atoms with Crippen LogP contribution in [0.2, 0.25) is 0 Å². The Balaban J connectivity index is 2.65. The number of halogens is 2. The fourth-order valence-corrected chi connectivity index (χ4v) is 1.72. The van der Waals surface area contributed by atoms with Crippen LogP contribution in [0.25, 0.3) is 0 Å². The first-order chi connectivity index (χ1) is 7.96. The average Bonchev–Trinajstić information content (AvgIpc) is 2.25. The van der Waals surface area contributed by atoms with Crippen LogP contribution in [0.15, 0.2) is 18.2 Å². The van der Waals surface area contributed by atoms with Crippen LogP contribution in [-0.2, 0) is 6.42 Å². The lowest BCUT2D eigenvalue weighted by Gasteiger charge is -2.23. The van der Waals surface area contributed by atoms with Crippen LogP contribution >= 0.6 is 0 Å². The first-order valence-electron chi connectivity index (χ1n) is 5.82. The Morgan fingerprint density at radius 3 is 2.71 bits per heavy atom. The van der Waals surface area contributed by atoms with Crippen LogP contribution < -0.4 is 5.32 Å². The number of nitrogens with one attached hydrogen (secondary N) is 1. The maximum Gasteiger partial charge on any atom is 0.162 e. The van der Waals surface area contributed by atoms with Crippen molar-refractivity contribution in [1.82, 2.24) is 5.32 Å². The summed E-state index contributed by atoms with van der Waals surface area (Å²) in [7, 11) is 0. The van der Waals surface area contributed by atoms with E-state index in [2.05, 4.69) is 5.32 Å². The largest absolute Gasteiger partial charge is 0.390 e. The van der Waals surface area contributed by atoms with Crippen LogP contribution in [0.1, 0.15) is 25.8 Å². The van der Waals surface area contributed by atoms with Gasteiger partial charge in [-0.3, -0.25) is 0 Å². The summed E-state index contributed by atoms with van der Waals surface area (Å²) in [5.41, 5.74) is -0.817. The van der Waals surface area contributed by atoms with Crippen molar-refractivity contribution in [3.05, 3.63) is 35.4 Å². The van der Waals surface area contributed by atoms with Crippen molar-refractivity contribution in [2.24, 2.45) is 0 Å². The lowest BCUT2D eigenvalue weighted by atomic mass is 9.93. The third-order valence-corrected chi connectivity index (χ3v) is 2.69. The Bertz CT molecular complexity index is 366. The molecule has 0 saturated heterocycles. The van der Waals surface area contributed by atoms with Crippen LogP contribution in [0.3, 0.4) is 0 Å². The van der Waals surface area contributed by atoms with Crippen LogP contribution in [0.4, 0.5) is 8.78 Å². The quantitative estimate of drug-likeness (QED) is 0.751. The molecule has 2 N–H and O–H groups in total. The van der Waals surface area contributed by atoms with E-state index in [1.807, 2.05) is 6.92 Å². The number of aliphatic hydroxyl groups is 1. The summed E-state index contributed by atoms with van der Waals surface area (Å²) in [4.78, 5) is 0. The van der Waals surface area contributed by atoms with E-state index in [1.54, 1.807) is 6.92 Å². The minimum Gasteiger partial charge on any atom is -0.390 e. The topological polar surface area (TPSA) is 32.3 Å². The standard InChI is InChI=1S/C13H19F2NO/c1-3-16-8-7-13(2,17)9-10-5-4-6-11(14)12(10)15/h4-6,16-17H,3,7-9H2,1-2H3. The molecule has 0 aromatic heterocycles. The van der Waals surface area contributed by atoms with Gasteiger partial charge in [0.1, 0.15) is 0 Å². The fourth-order valence-electron chi connectivity index (χ4n) is 1.72. The SMILES string of the molecule is CCNCCC(C)(O)Cc1cccc(F)c1F. The van der Waals surface area contributed by atoms with Gasteiger partial charge in [0.2, 0.25) is 0 Å². The van der Waals surface area contributed by atoms with E-state index in [0.717, 1.165) is 12.6 Å². The molecule has 0 amide bonds. The Hall–Kier alpha value is -1.00. The summed E-state index contributed by atoms with van der Waals surface area (Å²) in [6, 6.07) is 4.03. The minimum absolute atomic E-state index is 0.113. The second-order valence-corrected chi connectivity index (χ2v) is 4.49. The van der Waals surface area contributed by atoms with Crippen molar-refractivity contribution in [2.75, 3.05) is 13.1 Å². The molecule has 1 atom stereocenters. The molecule has 0 aliphatic rings. The number of hydrogen-bond donors (Lipinski definition) is 2. The highest BCUT2D eigenvalue weighted by Crippen LogP contribution is 2.20. The molecule has 1 rings (SSSR count). The molecule has 17 heavy (non-hydrogen) atoms. The summed E-state index contributed by atoms with van der Waals surface area (Å²) in [6.07, 6.45) is 0.610. The van der Waals surface area contributed by atoms with Crippen molar-refractivity contribution in [1.29, 1.82) is 0 Å². The highest BCUT2D eigenvalue weighted by Gasteiger charge is 2.22. The molecule has 0 radical (unpaired) electrons. The molecule has 4 heteroatoms. The number of rotatable bonds is 6. The van der Waals surface area contributed by atoms with Gasteiger partial charge in [0.05, 0.1) is 5.60 Å². The van der Waals surface area contributed by atoms with Gasteiger partial charge in [0, 0.05) is 6.42 Å². The molecule has 1 aromatic carbocycles. The Labute approximate surface area is 101 Å². The molecule has 2 nitrogen and oxygen atoms in total. The zero-order chi connectivity index (χ0) is 12.9. The predicted molar refractivity (Wildman–Crippen MR) is 63.8 cm³/mol. The van der Waals surface area contributed by atoms with E-state index < -0.39 is 17.2 Å². The van der Waals surface area contributed by atoms with Gasteiger partial charge in [-0.15, -0.1) is 0 Å². The lowest BCUT2D eigenvalue weighted by molar-refractivity contribution is 0.0507. The molecule has 96 valence electrons. The van der Waals surface area contributed by atoms with E-state index in [4.69, 9.17) is 0 Å². The predicted octanol–water partition coefficient (Wildman–Crippen LogP) is 2.26. The Kier molecular flexibility index (Phi) is 5.02. The second-order valence-electron chi connectivity index (χ2n) is 4.49. The molecule has 0 fully saturated rings. The minimum atomic E-state index is -1.03. The first kappa shape index (κ1) is 14.1. The van der Waals surface area contributed by atoms with Crippen molar-refractivity contribution < 1.29 is 13.9 Å². The normalized spacial score (nSPS) is 14.6. The van der Waals surface area contributed by atoms with Crippen molar-refractivity contribution in [2.45, 2.75) is 32.3 Å². The van der Waals surface area contributed by atoms with Crippen molar-refractivity contribution >= 4 is 0 Å². The van der Waals surface area contributed by atoms with Crippen molar-refractivity contribution in [3.8, 4) is 0 Å². The summed E-state index contributed by atoms with van der Waals surface area (Å²) >= 11 is 0. The molecule has 0 saturated carbocycles. The lowest BCUT2D eigenvalue weighted by Crippen LogP contribution is -2.32. The molecular weight excluding hydrogens is 224 g/mol. The van der Waals surface area contributed by atoms with E-state index in [9.17, 15) is 13.9 Å². The smallest absolute Gasteiger partial charge is 0.162 e. The molecule has 0 bridgehead atoms. The van der Waals surface area contributed by atoms with Gasteiger partial charge in [-0.25, -0.2) is 8.78 Å². The summed E-state index contributed by atoms with van der Waals surface area (Å²) < 4.78 is 26.4. The van der Waals surface area contributed by atoms with Gasteiger partial charge in [-0.2, -0.15) is 0 Å². The first-order valence-corrected chi connectivity index (χ1v) is 5.82. The van der Waals surface area contributed by atoms with Crippen LogP contribution in [0.5, 0.6) is 0 Å². The van der Waals surface area contributed by atoms with E-state index in [1.165, 1.54) is 12.1 Å². The zero-order valence-corrected chi connectivity index (χ0v) is 10.3. The van der Waals surface area contributed by atoms with Gasteiger partial charge >= 0.3 is 0 Å². The molecule has 0 aliphatic heterocycles. The number of hydrogen-bond acceptors (Lipinski definition) is 2. The van der Waals surface area contributed by atoms with E-state index >= 15 is 0 Å². The number of benzene rings is 1. The summed E-state index contributed by atoms with van der Waals surface area (Å²) in [6.45, 7) is 5.08.